The summed E-state index contributed by atoms with van der Waals surface area (Å²) in [4.78, 5) is 33.7. The number of aromatic nitrogens is 3. The van der Waals surface area contributed by atoms with Crippen LogP contribution in [0.2, 0.25) is 0 Å². The molecule has 13 heteroatoms. The molecule has 0 bridgehead atoms. The molecule has 35 heavy (non-hydrogen) atoms. The Hall–Kier alpha value is -5.46. The van der Waals surface area contributed by atoms with E-state index in [4.69, 9.17) is 0 Å². The SMILES string of the molecule is O=[N+]([O-])c1ccc(Nc2nc(N/N=C\c3cccc([N+](=O)[O-])c3)nc(Nc3ccccc3)n2)cc1. The molecule has 0 saturated heterocycles. The number of benzene rings is 3. The van der Waals surface area contributed by atoms with Crippen molar-refractivity contribution in [2.45, 2.75) is 0 Å². The van der Waals surface area contributed by atoms with Gasteiger partial charge in [-0.1, -0.05) is 30.3 Å². The van der Waals surface area contributed by atoms with Crippen LogP contribution in [-0.4, -0.2) is 31.0 Å². The second-order valence-electron chi connectivity index (χ2n) is 6.95. The minimum atomic E-state index is -0.492. The first kappa shape index (κ1) is 22.7. The van der Waals surface area contributed by atoms with Crippen molar-refractivity contribution in [2.75, 3.05) is 16.1 Å². The van der Waals surface area contributed by atoms with Crippen LogP contribution in [0.15, 0.2) is 84.0 Å². The van der Waals surface area contributed by atoms with E-state index in [1.165, 1.54) is 42.6 Å². The fourth-order valence-electron chi connectivity index (χ4n) is 2.87. The first-order chi connectivity index (χ1) is 17.0. The van der Waals surface area contributed by atoms with E-state index < -0.39 is 9.85 Å². The standard InChI is InChI=1S/C22H17N9O4/c32-30(33)18-11-9-17(10-12-18)25-21-26-20(24-16-6-2-1-3-7-16)27-22(28-21)29-23-14-15-5-4-8-19(13-15)31(34)35/h1-14H,(H3,24,25,26,27,28,29)/b23-14-. The Kier molecular flexibility index (Phi) is 6.78. The molecule has 0 aliphatic rings. The number of hydrogen-bond acceptors (Lipinski definition) is 11. The molecule has 13 nitrogen and oxygen atoms in total. The highest BCUT2D eigenvalue weighted by Crippen LogP contribution is 2.21. The molecule has 0 atom stereocenters. The zero-order valence-electron chi connectivity index (χ0n) is 17.9. The van der Waals surface area contributed by atoms with Gasteiger partial charge >= 0.3 is 0 Å². The highest BCUT2D eigenvalue weighted by molar-refractivity contribution is 5.81. The molecule has 3 aromatic carbocycles. The van der Waals surface area contributed by atoms with Crippen LogP contribution >= 0.6 is 0 Å². The van der Waals surface area contributed by atoms with Crippen molar-refractivity contribution in [1.82, 2.24) is 15.0 Å². The third kappa shape index (κ3) is 6.29. The fourth-order valence-corrected chi connectivity index (χ4v) is 2.87. The van der Waals surface area contributed by atoms with Gasteiger partial charge in [0.25, 0.3) is 11.4 Å². The van der Waals surface area contributed by atoms with E-state index in [2.05, 4.69) is 36.1 Å². The molecular formula is C22H17N9O4. The molecular weight excluding hydrogens is 454 g/mol. The predicted molar refractivity (Wildman–Crippen MR) is 130 cm³/mol. The van der Waals surface area contributed by atoms with Gasteiger partial charge in [0.15, 0.2) is 0 Å². The summed E-state index contributed by atoms with van der Waals surface area (Å²) in [5, 5.41) is 31.9. The monoisotopic (exact) mass is 471 g/mol. The van der Waals surface area contributed by atoms with Gasteiger partial charge in [-0.15, -0.1) is 0 Å². The molecule has 0 unspecified atom stereocenters. The molecule has 1 aromatic heterocycles. The van der Waals surface area contributed by atoms with Gasteiger partial charge in [-0.25, -0.2) is 5.43 Å². The Labute approximate surface area is 197 Å². The lowest BCUT2D eigenvalue weighted by Crippen LogP contribution is -2.07. The third-order valence-electron chi connectivity index (χ3n) is 4.46. The Balaban J connectivity index is 1.57. The van der Waals surface area contributed by atoms with Crippen LogP contribution in [0.5, 0.6) is 0 Å². The Morgan fingerprint density at radius 1 is 0.686 bits per heavy atom. The summed E-state index contributed by atoms with van der Waals surface area (Å²) in [7, 11) is 0. The number of hydrazone groups is 1. The molecule has 0 aliphatic heterocycles. The van der Waals surface area contributed by atoms with Crippen molar-refractivity contribution in [3.05, 3.63) is 105 Å². The van der Waals surface area contributed by atoms with Crippen LogP contribution in [-0.2, 0) is 0 Å². The number of para-hydroxylation sites is 1. The van der Waals surface area contributed by atoms with Crippen LogP contribution in [0.4, 0.5) is 40.6 Å². The van der Waals surface area contributed by atoms with Crippen molar-refractivity contribution < 1.29 is 9.85 Å². The molecule has 0 spiro atoms. The van der Waals surface area contributed by atoms with Crippen molar-refractivity contribution >= 4 is 46.8 Å². The maximum atomic E-state index is 10.9. The average molecular weight is 471 g/mol. The van der Waals surface area contributed by atoms with Gasteiger partial charge in [0, 0.05) is 41.2 Å². The van der Waals surface area contributed by atoms with Crippen molar-refractivity contribution in [3.63, 3.8) is 0 Å². The molecule has 0 saturated carbocycles. The van der Waals surface area contributed by atoms with E-state index >= 15 is 0 Å². The number of nitro groups is 2. The van der Waals surface area contributed by atoms with E-state index in [1.807, 2.05) is 30.3 Å². The van der Waals surface area contributed by atoms with Crippen LogP contribution in [0.25, 0.3) is 0 Å². The fraction of sp³-hybridized carbons (Fsp3) is 0. The van der Waals surface area contributed by atoms with Gasteiger partial charge in [0.1, 0.15) is 0 Å². The van der Waals surface area contributed by atoms with E-state index in [1.54, 1.807) is 12.1 Å². The van der Waals surface area contributed by atoms with Crippen molar-refractivity contribution in [1.29, 1.82) is 0 Å². The van der Waals surface area contributed by atoms with Crippen molar-refractivity contribution in [3.8, 4) is 0 Å². The lowest BCUT2D eigenvalue weighted by atomic mass is 10.2. The summed E-state index contributed by atoms with van der Waals surface area (Å²) in [5.41, 5.74) is 4.36. The van der Waals surface area contributed by atoms with E-state index in [9.17, 15) is 20.2 Å². The maximum absolute atomic E-state index is 10.9. The number of non-ortho nitro benzene ring substituents is 2. The summed E-state index contributed by atoms with van der Waals surface area (Å²) < 4.78 is 0. The first-order valence-electron chi connectivity index (χ1n) is 10.1. The van der Waals surface area contributed by atoms with Gasteiger partial charge in [-0.3, -0.25) is 20.2 Å². The number of nitrogens with one attached hydrogen (secondary N) is 3. The summed E-state index contributed by atoms with van der Waals surface area (Å²) in [6, 6.07) is 21.0. The molecule has 1 heterocycles. The van der Waals surface area contributed by atoms with Crippen molar-refractivity contribution in [2.24, 2.45) is 5.10 Å². The number of nitro benzene ring substituents is 2. The molecule has 0 aliphatic carbocycles. The molecule has 0 fully saturated rings. The van der Waals surface area contributed by atoms with Crippen LogP contribution in [0, 0.1) is 20.2 Å². The van der Waals surface area contributed by atoms with Gasteiger partial charge < -0.3 is 10.6 Å². The molecule has 0 amide bonds. The molecule has 4 aromatic rings. The first-order valence-corrected chi connectivity index (χ1v) is 10.1. The summed E-state index contributed by atoms with van der Waals surface area (Å²) in [5.74, 6) is 0.452. The second kappa shape index (κ2) is 10.4. The van der Waals surface area contributed by atoms with E-state index in [0.717, 1.165) is 5.69 Å². The molecule has 3 N–H and O–H groups in total. The third-order valence-corrected chi connectivity index (χ3v) is 4.46. The Bertz CT molecular complexity index is 1380. The average Bonchev–Trinajstić information content (AvgIpc) is 2.85. The van der Waals surface area contributed by atoms with Crippen LogP contribution < -0.4 is 16.1 Å². The topological polar surface area (TPSA) is 173 Å². The highest BCUT2D eigenvalue weighted by atomic mass is 16.6. The second-order valence-corrected chi connectivity index (χ2v) is 6.95. The van der Waals surface area contributed by atoms with Gasteiger partial charge in [0.2, 0.25) is 17.8 Å². The summed E-state index contributed by atoms with van der Waals surface area (Å²) in [6.07, 6.45) is 1.39. The minimum absolute atomic E-state index is 0.0459. The lowest BCUT2D eigenvalue weighted by molar-refractivity contribution is -0.385. The van der Waals surface area contributed by atoms with Gasteiger partial charge in [0.05, 0.1) is 16.1 Å². The van der Waals surface area contributed by atoms with Crippen LogP contribution in [0.1, 0.15) is 5.56 Å². The zero-order chi connectivity index (χ0) is 24.6. The predicted octanol–water partition coefficient (Wildman–Crippen LogP) is 4.62. The Morgan fingerprint density at radius 3 is 1.91 bits per heavy atom. The maximum Gasteiger partial charge on any atom is 0.270 e. The molecule has 0 radical (unpaired) electrons. The normalized spacial score (nSPS) is 10.6. The number of nitrogens with zero attached hydrogens (tertiary/aromatic N) is 6. The van der Waals surface area contributed by atoms with Gasteiger partial charge in [-0.2, -0.15) is 20.1 Å². The quantitative estimate of drug-likeness (QED) is 0.177. The number of hydrogen-bond donors (Lipinski definition) is 3. The Morgan fingerprint density at radius 2 is 1.29 bits per heavy atom. The minimum Gasteiger partial charge on any atom is -0.324 e. The molecule has 4 rings (SSSR count). The number of anilines is 5. The zero-order valence-corrected chi connectivity index (χ0v) is 17.9. The number of rotatable bonds is 9. The smallest absolute Gasteiger partial charge is 0.270 e. The summed E-state index contributed by atoms with van der Waals surface area (Å²) in [6.45, 7) is 0. The van der Waals surface area contributed by atoms with Crippen LogP contribution in [0.3, 0.4) is 0 Å². The summed E-state index contributed by atoms with van der Waals surface area (Å²) >= 11 is 0. The lowest BCUT2D eigenvalue weighted by Gasteiger charge is -2.10. The largest absolute Gasteiger partial charge is 0.324 e. The van der Waals surface area contributed by atoms with E-state index in [-0.39, 0.29) is 29.2 Å². The van der Waals surface area contributed by atoms with Gasteiger partial charge in [-0.05, 0) is 24.3 Å². The van der Waals surface area contributed by atoms with E-state index in [0.29, 0.717) is 11.3 Å². The highest BCUT2D eigenvalue weighted by Gasteiger charge is 2.09. The molecule has 174 valence electrons.